The predicted octanol–water partition coefficient (Wildman–Crippen LogP) is 0.751. The molecule has 0 atom stereocenters. The first-order valence-corrected chi connectivity index (χ1v) is 3.28. The molecule has 0 aliphatic carbocycles. The van der Waals surface area contributed by atoms with Gasteiger partial charge in [-0.25, -0.2) is 4.79 Å². The topological polar surface area (TPSA) is 37.8 Å². The van der Waals surface area contributed by atoms with Crippen molar-refractivity contribution in [1.29, 1.82) is 0 Å². The van der Waals surface area contributed by atoms with Gasteiger partial charge in [-0.3, -0.25) is 4.98 Å². The van der Waals surface area contributed by atoms with Crippen molar-refractivity contribution in [2.45, 2.75) is 6.92 Å². The molecular weight excluding hydrogens is 148 g/mol. The lowest BCUT2D eigenvalue weighted by atomic mass is 10.4. The maximum absolute atomic E-state index is 10.8. The van der Waals surface area contributed by atoms with Crippen LogP contribution in [0.3, 0.4) is 0 Å². The molecule has 1 rings (SSSR count). The lowest BCUT2D eigenvalue weighted by Crippen LogP contribution is -2.19. The minimum absolute atomic E-state index is 0.171. The Hall–Kier alpha value is -0.900. The molecule has 1 aromatic heterocycles. The summed E-state index contributed by atoms with van der Waals surface area (Å²) in [5.41, 5.74) is 0.743. The normalized spacial score (nSPS) is 9.80. The summed E-state index contributed by atoms with van der Waals surface area (Å²) in [6.07, 6.45) is 1.71. The Morgan fingerprint density at radius 1 is 1.70 bits per heavy atom. The molecule has 0 aliphatic heterocycles. The molecular formula is C6H8N2OS. The van der Waals surface area contributed by atoms with Crippen LogP contribution in [0.4, 0.5) is 0 Å². The fourth-order valence-corrected chi connectivity index (χ4v) is 0.832. The van der Waals surface area contributed by atoms with Crippen LogP contribution in [-0.2, 0) is 7.05 Å². The number of hydrogen-bond donors (Lipinski definition) is 1. The van der Waals surface area contributed by atoms with Crippen LogP contribution in [0.5, 0.6) is 0 Å². The largest absolute Gasteiger partial charge is 0.326 e. The number of nitrogens with zero attached hydrogens (tertiary/aromatic N) is 1. The highest BCUT2D eigenvalue weighted by Gasteiger charge is 1.90. The van der Waals surface area contributed by atoms with E-state index in [-0.39, 0.29) is 5.69 Å². The Morgan fingerprint density at radius 2 is 2.30 bits per heavy atom. The Labute approximate surface area is 63.3 Å². The van der Waals surface area contributed by atoms with Crippen LogP contribution in [-0.4, -0.2) is 9.55 Å². The summed E-state index contributed by atoms with van der Waals surface area (Å²) in [7, 11) is 1.68. The molecule has 0 amide bonds. The van der Waals surface area contributed by atoms with Crippen molar-refractivity contribution in [3.63, 3.8) is 0 Å². The number of nitrogens with one attached hydrogen (secondary N) is 1. The van der Waals surface area contributed by atoms with E-state index >= 15 is 0 Å². The number of aromatic nitrogens is 2. The first kappa shape index (κ1) is 7.21. The Balaban J connectivity index is 3.59. The minimum atomic E-state index is -0.171. The third-order valence-electron chi connectivity index (χ3n) is 1.29. The smallest absolute Gasteiger partial charge is 0.304 e. The number of aromatic amines is 1. The fraction of sp³-hybridized carbons (Fsp3) is 0.333. The highest BCUT2D eigenvalue weighted by molar-refractivity contribution is 7.71. The maximum Gasteiger partial charge on any atom is 0.326 e. The van der Waals surface area contributed by atoms with Gasteiger partial charge < -0.3 is 4.57 Å². The fourth-order valence-electron chi connectivity index (χ4n) is 0.692. The molecule has 0 saturated heterocycles. The number of aryl methyl sites for hydroxylation is 2. The van der Waals surface area contributed by atoms with Crippen molar-refractivity contribution in [3.05, 3.63) is 26.9 Å². The van der Waals surface area contributed by atoms with Crippen molar-refractivity contribution in [2.24, 2.45) is 7.05 Å². The van der Waals surface area contributed by atoms with Crippen LogP contribution >= 0.6 is 12.2 Å². The highest BCUT2D eigenvalue weighted by atomic mass is 32.1. The molecule has 10 heavy (non-hydrogen) atoms. The molecule has 3 nitrogen and oxygen atoms in total. The zero-order valence-electron chi connectivity index (χ0n) is 5.84. The van der Waals surface area contributed by atoms with Gasteiger partial charge in [-0.15, -0.1) is 0 Å². The van der Waals surface area contributed by atoms with Crippen LogP contribution in [0.1, 0.15) is 5.56 Å². The van der Waals surface area contributed by atoms with Crippen molar-refractivity contribution >= 4 is 12.2 Å². The van der Waals surface area contributed by atoms with Crippen LogP contribution < -0.4 is 5.69 Å². The molecule has 1 N–H and O–H groups in total. The average Bonchev–Trinajstić information content (AvgIpc) is 1.84. The van der Waals surface area contributed by atoms with Gasteiger partial charge in [0, 0.05) is 18.8 Å². The molecule has 0 radical (unpaired) electrons. The summed E-state index contributed by atoms with van der Waals surface area (Å²) in [5.74, 6) is 0. The second-order valence-corrected chi connectivity index (χ2v) is 2.59. The Morgan fingerprint density at radius 3 is 2.80 bits per heavy atom. The van der Waals surface area contributed by atoms with Gasteiger partial charge in [-0.1, -0.05) is 12.2 Å². The molecule has 0 saturated carbocycles. The first-order valence-electron chi connectivity index (χ1n) is 2.88. The lowest BCUT2D eigenvalue weighted by Gasteiger charge is -1.96. The number of hydrogen-bond acceptors (Lipinski definition) is 2. The third kappa shape index (κ3) is 1.16. The standard InChI is InChI=1S/C6H8N2OS/c1-4-3-8(2)6(9)7-5(4)10/h3H,1-2H3,(H,7,9,10). The highest BCUT2D eigenvalue weighted by Crippen LogP contribution is 1.91. The van der Waals surface area contributed by atoms with E-state index in [2.05, 4.69) is 4.98 Å². The van der Waals surface area contributed by atoms with E-state index in [1.165, 1.54) is 4.57 Å². The van der Waals surface area contributed by atoms with E-state index in [0.29, 0.717) is 4.64 Å². The predicted molar refractivity (Wildman–Crippen MR) is 41.6 cm³/mol. The van der Waals surface area contributed by atoms with Gasteiger partial charge in [0.05, 0.1) is 0 Å². The molecule has 54 valence electrons. The van der Waals surface area contributed by atoms with E-state index in [4.69, 9.17) is 12.2 Å². The second kappa shape index (κ2) is 2.38. The van der Waals surface area contributed by atoms with E-state index in [1.807, 2.05) is 6.92 Å². The second-order valence-electron chi connectivity index (χ2n) is 2.18. The van der Waals surface area contributed by atoms with Crippen molar-refractivity contribution < 1.29 is 0 Å². The number of rotatable bonds is 0. The first-order chi connectivity index (χ1) is 4.61. The molecule has 0 bridgehead atoms. The summed E-state index contributed by atoms with van der Waals surface area (Å²) < 4.78 is 1.98. The van der Waals surface area contributed by atoms with Crippen LogP contribution in [0.25, 0.3) is 0 Å². The summed E-state index contributed by atoms with van der Waals surface area (Å²) in [4.78, 5) is 13.4. The zero-order chi connectivity index (χ0) is 7.72. The zero-order valence-corrected chi connectivity index (χ0v) is 6.66. The Kier molecular flexibility index (Phi) is 1.72. The Bertz CT molecular complexity index is 318. The van der Waals surface area contributed by atoms with E-state index in [9.17, 15) is 4.79 Å². The average molecular weight is 156 g/mol. The summed E-state index contributed by atoms with van der Waals surface area (Å²) in [5, 5.41) is 0. The van der Waals surface area contributed by atoms with Crippen LogP contribution in [0.15, 0.2) is 11.0 Å². The molecule has 4 heteroatoms. The van der Waals surface area contributed by atoms with Crippen molar-refractivity contribution in [2.75, 3.05) is 0 Å². The molecule has 0 aromatic carbocycles. The molecule has 1 heterocycles. The minimum Gasteiger partial charge on any atom is -0.304 e. The quantitative estimate of drug-likeness (QED) is 0.563. The third-order valence-corrected chi connectivity index (χ3v) is 1.71. The van der Waals surface area contributed by atoms with E-state index in [0.717, 1.165) is 5.56 Å². The molecule has 0 fully saturated rings. The van der Waals surface area contributed by atoms with E-state index < -0.39 is 0 Å². The monoisotopic (exact) mass is 156 g/mol. The summed E-state index contributed by atoms with van der Waals surface area (Å²) >= 11 is 4.83. The van der Waals surface area contributed by atoms with Crippen LogP contribution in [0.2, 0.25) is 0 Å². The van der Waals surface area contributed by atoms with Crippen molar-refractivity contribution in [3.8, 4) is 0 Å². The van der Waals surface area contributed by atoms with Gasteiger partial charge in [0.1, 0.15) is 4.64 Å². The molecule has 0 unspecified atom stereocenters. The summed E-state index contributed by atoms with van der Waals surface area (Å²) in [6.45, 7) is 1.86. The molecule has 0 aliphatic rings. The number of H-pyrrole nitrogens is 1. The van der Waals surface area contributed by atoms with Gasteiger partial charge in [-0.2, -0.15) is 0 Å². The van der Waals surface area contributed by atoms with E-state index in [1.54, 1.807) is 13.2 Å². The van der Waals surface area contributed by atoms with Gasteiger partial charge in [0.2, 0.25) is 0 Å². The van der Waals surface area contributed by atoms with Crippen molar-refractivity contribution in [1.82, 2.24) is 9.55 Å². The van der Waals surface area contributed by atoms with Gasteiger partial charge in [0.25, 0.3) is 0 Å². The lowest BCUT2D eigenvalue weighted by molar-refractivity contribution is 0.796. The van der Waals surface area contributed by atoms with Gasteiger partial charge in [-0.05, 0) is 6.92 Å². The molecule has 1 aromatic rings. The van der Waals surface area contributed by atoms with Gasteiger partial charge >= 0.3 is 5.69 Å². The van der Waals surface area contributed by atoms with Crippen LogP contribution in [0, 0.1) is 11.6 Å². The summed E-state index contributed by atoms with van der Waals surface area (Å²) in [6, 6.07) is 0. The maximum atomic E-state index is 10.8. The molecule has 0 spiro atoms. The van der Waals surface area contributed by atoms with Gasteiger partial charge in [0.15, 0.2) is 0 Å². The SMILES string of the molecule is Cc1cn(C)c(=O)[nH]c1=S.